The molecule has 0 heterocycles. The van der Waals surface area contributed by atoms with Crippen LogP contribution in [-0.2, 0) is 27.7 Å². The van der Waals surface area contributed by atoms with Crippen LogP contribution in [0.2, 0.25) is 6.04 Å². The molecule has 8 heteroatoms. The Morgan fingerprint density at radius 1 is 0.938 bits per heavy atom. The van der Waals surface area contributed by atoms with Crippen molar-refractivity contribution in [2.75, 3.05) is 5.33 Å². The zero-order valence-electron chi connectivity index (χ0n) is 9.24. The fourth-order valence-electron chi connectivity index (χ4n) is 0.988. The van der Waals surface area contributed by atoms with Crippen LogP contribution < -0.4 is 0 Å². The van der Waals surface area contributed by atoms with E-state index in [1.807, 2.05) is 0 Å². The highest BCUT2D eigenvalue weighted by molar-refractivity contribution is 9.09. The molecular formula is C8H13BrO6Si. The van der Waals surface area contributed by atoms with Gasteiger partial charge in [0.2, 0.25) is 0 Å². The molecule has 0 unspecified atom stereocenters. The minimum Gasteiger partial charge on any atom is -0.455 e. The van der Waals surface area contributed by atoms with Crippen LogP contribution in [0.3, 0.4) is 0 Å². The molecule has 0 bridgehead atoms. The zero-order valence-corrected chi connectivity index (χ0v) is 11.8. The first-order chi connectivity index (χ1) is 7.31. The number of halogens is 1. The summed E-state index contributed by atoms with van der Waals surface area (Å²) in [6, 6.07) is 0.145. The van der Waals surface area contributed by atoms with Crippen molar-refractivity contribution < 1.29 is 27.7 Å². The lowest BCUT2D eigenvalue weighted by Gasteiger charge is -2.25. The molecule has 0 amide bonds. The molecule has 0 radical (unpaired) electrons. The number of alkyl halides is 1. The fourth-order valence-corrected chi connectivity index (χ4v) is 4.42. The first kappa shape index (κ1) is 15.1. The molecule has 6 nitrogen and oxygen atoms in total. The molecule has 92 valence electrons. The first-order valence-electron chi connectivity index (χ1n) is 4.46. The van der Waals surface area contributed by atoms with Crippen LogP contribution in [0.5, 0.6) is 0 Å². The van der Waals surface area contributed by atoms with Crippen molar-refractivity contribution >= 4 is 42.6 Å². The van der Waals surface area contributed by atoms with Gasteiger partial charge in [0.05, 0.1) is 6.04 Å². The van der Waals surface area contributed by atoms with Crippen molar-refractivity contribution in [3.05, 3.63) is 0 Å². The average Bonchev–Trinajstić information content (AvgIpc) is 1.98. The molecule has 0 saturated carbocycles. The van der Waals surface area contributed by atoms with Crippen LogP contribution in [0, 0.1) is 0 Å². The van der Waals surface area contributed by atoms with Crippen molar-refractivity contribution in [3.8, 4) is 0 Å². The number of rotatable bonds is 5. The second-order valence-electron chi connectivity index (χ2n) is 2.90. The van der Waals surface area contributed by atoms with Crippen LogP contribution >= 0.6 is 15.9 Å². The number of carbonyl (C=O) groups excluding carboxylic acids is 3. The normalized spacial score (nSPS) is 10.5. The number of hydrogen-bond donors (Lipinski definition) is 0. The summed E-state index contributed by atoms with van der Waals surface area (Å²) in [5.74, 6) is -1.97. The predicted molar refractivity (Wildman–Crippen MR) is 59.7 cm³/mol. The van der Waals surface area contributed by atoms with Crippen molar-refractivity contribution in [1.29, 1.82) is 0 Å². The third kappa shape index (κ3) is 5.86. The number of carbonyl (C=O) groups is 3. The van der Waals surface area contributed by atoms with Gasteiger partial charge in [-0.05, 0) is 0 Å². The summed E-state index contributed by atoms with van der Waals surface area (Å²) in [5.41, 5.74) is 0. The maximum atomic E-state index is 10.9. The zero-order chi connectivity index (χ0) is 12.8. The fraction of sp³-hybridized carbons (Fsp3) is 0.625. The van der Waals surface area contributed by atoms with Gasteiger partial charge in [0, 0.05) is 26.1 Å². The molecule has 0 N–H and O–H groups in total. The topological polar surface area (TPSA) is 78.9 Å². The second-order valence-corrected chi connectivity index (χ2v) is 6.17. The SMILES string of the molecule is CC(=O)O[Si](CCBr)(OC(C)=O)OC(C)=O. The molecule has 0 aliphatic heterocycles. The average molecular weight is 313 g/mol. The van der Waals surface area contributed by atoms with Crippen LogP contribution in [0.4, 0.5) is 0 Å². The smallest absolute Gasteiger partial charge is 0.455 e. The Hall–Kier alpha value is -0.893. The van der Waals surface area contributed by atoms with Crippen molar-refractivity contribution in [3.63, 3.8) is 0 Å². The van der Waals surface area contributed by atoms with E-state index in [1.165, 1.54) is 0 Å². The Labute approximate surface area is 103 Å². The summed E-state index contributed by atoms with van der Waals surface area (Å²) in [7, 11) is -3.58. The molecule has 0 aromatic rings. The molecule has 0 aromatic heterocycles. The lowest BCUT2D eigenvalue weighted by Crippen LogP contribution is -2.49. The van der Waals surface area contributed by atoms with E-state index in [2.05, 4.69) is 15.9 Å². The first-order valence-corrected chi connectivity index (χ1v) is 7.51. The van der Waals surface area contributed by atoms with Gasteiger partial charge in [-0.1, -0.05) is 15.9 Å². The second kappa shape index (κ2) is 6.64. The quantitative estimate of drug-likeness (QED) is 0.557. The van der Waals surface area contributed by atoms with E-state index >= 15 is 0 Å². The Morgan fingerprint density at radius 2 is 1.25 bits per heavy atom. The van der Waals surface area contributed by atoms with E-state index in [-0.39, 0.29) is 6.04 Å². The molecular weight excluding hydrogens is 300 g/mol. The molecule has 0 atom stereocenters. The predicted octanol–water partition coefficient (Wildman–Crippen LogP) is 1.01. The van der Waals surface area contributed by atoms with Gasteiger partial charge in [-0.25, -0.2) is 0 Å². The van der Waals surface area contributed by atoms with Crippen LogP contribution in [0.1, 0.15) is 20.8 Å². The summed E-state index contributed by atoms with van der Waals surface area (Å²) < 4.78 is 14.7. The Morgan fingerprint density at radius 3 is 1.44 bits per heavy atom. The highest BCUT2D eigenvalue weighted by Gasteiger charge is 2.51. The monoisotopic (exact) mass is 312 g/mol. The highest BCUT2D eigenvalue weighted by atomic mass is 79.9. The van der Waals surface area contributed by atoms with Crippen molar-refractivity contribution in [2.24, 2.45) is 0 Å². The summed E-state index contributed by atoms with van der Waals surface area (Å²) >= 11 is 3.12. The Bertz CT molecular complexity index is 251. The van der Waals surface area contributed by atoms with E-state index in [4.69, 9.17) is 13.3 Å². The highest BCUT2D eigenvalue weighted by Crippen LogP contribution is 2.18. The van der Waals surface area contributed by atoms with Gasteiger partial charge in [-0.3, -0.25) is 14.4 Å². The maximum Gasteiger partial charge on any atom is 0.705 e. The van der Waals surface area contributed by atoms with Crippen LogP contribution in [0.15, 0.2) is 0 Å². The summed E-state index contributed by atoms with van der Waals surface area (Å²) in [6.07, 6.45) is 0. The van der Waals surface area contributed by atoms with Crippen molar-refractivity contribution in [1.82, 2.24) is 0 Å². The van der Waals surface area contributed by atoms with E-state index in [0.29, 0.717) is 5.33 Å². The standard InChI is InChI=1S/C8H13BrO6Si/c1-6(10)13-16(5-4-9,14-7(2)11)15-8(3)12/h4-5H2,1-3H3. The Balaban J connectivity index is 4.93. The molecule has 16 heavy (non-hydrogen) atoms. The van der Waals surface area contributed by atoms with Crippen molar-refractivity contribution in [2.45, 2.75) is 26.8 Å². The molecule has 0 fully saturated rings. The lowest BCUT2D eigenvalue weighted by molar-refractivity contribution is -0.147. The van der Waals surface area contributed by atoms with E-state index in [9.17, 15) is 14.4 Å². The molecule has 0 aliphatic carbocycles. The van der Waals surface area contributed by atoms with Gasteiger partial charge < -0.3 is 13.3 Å². The number of hydrogen-bond acceptors (Lipinski definition) is 6. The van der Waals surface area contributed by atoms with Gasteiger partial charge in [0.25, 0.3) is 17.9 Å². The third-order valence-corrected chi connectivity index (χ3v) is 5.08. The van der Waals surface area contributed by atoms with E-state index < -0.39 is 26.7 Å². The van der Waals surface area contributed by atoms with E-state index in [0.717, 1.165) is 20.8 Å². The van der Waals surface area contributed by atoms with Crippen LogP contribution in [-0.4, -0.2) is 32.0 Å². The van der Waals surface area contributed by atoms with Gasteiger partial charge in [-0.2, -0.15) is 0 Å². The molecule has 0 rings (SSSR count). The van der Waals surface area contributed by atoms with Gasteiger partial charge >= 0.3 is 8.80 Å². The molecule has 0 aromatic carbocycles. The minimum absolute atomic E-state index is 0.145. The maximum absolute atomic E-state index is 10.9. The van der Waals surface area contributed by atoms with Gasteiger partial charge in [0.1, 0.15) is 0 Å². The summed E-state index contributed by atoms with van der Waals surface area (Å²) in [6.45, 7) is 3.47. The molecule has 0 saturated heterocycles. The largest absolute Gasteiger partial charge is 0.705 e. The van der Waals surface area contributed by atoms with E-state index in [1.54, 1.807) is 0 Å². The lowest BCUT2D eigenvalue weighted by atomic mass is 10.9. The molecule has 0 aliphatic rings. The van der Waals surface area contributed by atoms with Gasteiger partial charge in [0.15, 0.2) is 0 Å². The molecule has 0 spiro atoms. The summed E-state index contributed by atoms with van der Waals surface area (Å²) in [5, 5.41) is 0.382. The Kier molecular flexibility index (Phi) is 6.27. The van der Waals surface area contributed by atoms with Gasteiger partial charge in [-0.15, -0.1) is 0 Å². The van der Waals surface area contributed by atoms with Crippen LogP contribution in [0.25, 0.3) is 0 Å². The third-order valence-electron chi connectivity index (χ3n) is 1.30. The summed E-state index contributed by atoms with van der Waals surface area (Å²) in [4.78, 5) is 32.7. The minimum atomic E-state index is -3.58.